The highest BCUT2D eigenvalue weighted by atomic mass is 35.5. The number of benzene rings is 1. The minimum absolute atomic E-state index is 0.153. The Morgan fingerprint density at radius 3 is 2.78 bits per heavy atom. The van der Waals surface area contributed by atoms with Crippen LogP contribution in [0.2, 0.25) is 5.02 Å². The van der Waals surface area contributed by atoms with E-state index in [-0.39, 0.29) is 5.75 Å². The smallest absolute Gasteiger partial charge is 0.380 e. The maximum atomic E-state index is 12.3. The number of fused-ring (bicyclic) bond motifs is 1. The highest BCUT2D eigenvalue weighted by Crippen LogP contribution is 2.36. The van der Waals surface area contributed by atoms with Gasteiger partial charge in [-0.05, 0) is 24.6 Å². The Balaban J connectivity index is 2.46. The molecular formula is C17H12ClNO4. The Morgan fingerprint density at radius 2 is 2.13 bits per heavy atom. The number of hydrogen-bond acceptors (Lipinski definition) is 5. The number of aryl methyl sites for hydroxylation is 1. The zero-order valence-electron chi connectivity index (χ0n) is 12.4. The molecule has 0 fully saturated rings. The highest BCUT2D eigenvalue weighted by Gasteiger charge is 2.20. The zero-order chi connectivity index (χ0) is 16.6. The summed E-state index contributed by atoms with van der Waals surface area (Å²) in [5, 5.41) is 1.11. The fraction of sp³-hybridized carbons (Fsp3) is 0.118. The van der Waals surface area contributed by atoms with Crippen molar-refractivity contribution in [2.24, 2.45) is 0 Å². The maximum absolute atomic E-state index is 12.3. The molecule has 2 aromatic heterocycles. The molecule has 0 spiro atoms. The lowest BCUT2D eigenvalue weighted by Crippen LogP contribution is -2.12. The van der Waals surface area contributed by atoms with Gasteiger partial charge in [0.1, 0.15) is 5.58 Å². The minimum Gasteiger partial charge on any atom is -0.420 e. The van der Waals surface area contributed by atoms with Gasteiger partial charge in [-0.15, -0.1) is 0 Å². The van der Waals surface area contributed by atoms with Crippen molar-refractivity contribution in [2.45, 2.75) is 13.8 Å². The van der Waals surface area contributed by atoms with E-state index in [1.165, 1.54) is 6.92 Å². The van der Waals surface area contributed by atoms with E-state index in [4.69, 9.17) is 20.8 Å². The molecule has 3 aromatic rings. The molecule has 23 heavy (non-hydrogen) atoms. The first-order valence-electron chi connectivity index (χ1n) is 6.83. The second kappa shape index (κ2) is 5.85. The largest absolute Gasteiger partial charge is 0.420 e. The third-order valence-corrected chi connectivity index (χ3v) is 3.75. The van der Waals surface area contributed by atoms with Gasteiger partial charge in [0.05, 0.1) is 0 Å². The van der Waals surface area contributed by atoms with Crippen molar-refractivity contribution in [1.29, 1.82) is 0 Å². The van der Waals surface area contributed by atoms with Gasteiger partial charge >= 0.3 is 11.6 Å². The van der Waals surface area contributed by atoms with Gasteiger partial charge in [-0.3, -0.25) is 9.78 Å². The van der Waals surface area contributed by atoms with E-state index in [0.717, 1.165) is 5.56 Å². The summed E-state index contributed by atoms with van der Waals surface area (Å²) in [4.78, 5) is 27.7. The summed E-state index contributed by atoms with van der Waals surface area (Å²) < 4.78 is 10.4. The van der Waals surface area contributed by atoms with Crippen molar-refractivity contribution in [3.63, 3.8) is 0 Å². The quantitative estimate of drug-likeness (QED) is 0.529. The van der Waals surface area contributed by atoms with E-state index in [1.54, 1.807) is 36.7 Å². The standard InChI is InChI=1S/C17H12ClNO4/c1-9-6-12-14(7-13(9)18)23-17(21)16(22-10(2)20)15(12)11-4-3-5-19-8-11/h3-8H,1-2H3. The van der Waals surface area contributed by atoms with Crippen LogP contribution in [0.5, 0.6) is 5.75 Å². The Bertz CT molecular complexity index is 964. The molecule has 6 heteroatoms. The number of aromatic nitrogens is 1. The van der Waals surface area contributed by atoms with Gasteiger partial charge < -0.3 is 9.15 Å². The minimum atomic E-state index is -0.744. The monoisotopic (exact) mass is 329 g/mol. The number of nitrogens with zero attached hydrogens (tertiary/aromatic N) is 1. The summed E-state index contributed by atoms with van der Waals surface area (Å²) in [6.45, 7) is 3.06. The van der Waals surface area contributed by atoms with Crippen LogP contribution in [0.4, 0.5) is 0 Å². The number of rotatable bonds is 2. The van der Waals surface area contributed by atoms with E-state index in [0.29, 0.717) is 27.1 Å². The molecule has 0 aliphatic rings. The van der Waals surface area contributed by atoms with Crippen LogP contribution in [0.25, 0.3) is 22.1 Å². The van der Waals surface area contributed by atoms with E-state index in [2.05, 4.69) is 4.98 Å². The van der Waals surface area contributed by atoms with Gasteiger partial charge in [-0.2, -0.15) is 0 Å². The van der Waals surface area contributed by atoms with Crippen LogP contribution in [0.15, 0.2) is 45.9 Å². The maximum Gasteiger partial charge on any atom is 0.380 e. The van der Waals surface area contributed by atoms with Crippen LogP contribution >= 0.6 is 11.6 Å². The molecule has 0 bridgehead atoms. The van der Waals surface area contributed by atoms with Gasteiger partial charge in [0, 0.05) is 46.9 Å². The summed E-state index contributed by atoms with van der Waals surface area (Å²) in [7, 11) is 0. The van der Waals surface area contributed by atoms with Crippen LogP contribution in [0.3, 0.4) is 0 Å². The zero-order valence-corrected chi connectivity index (χ0v) is 13.2. The van der Waals surface area contributed by atoms with Crippen molar-refractivity contribution in [3.05, 3.63) is 57.7 Å². The van der Waals surface area contributed by atoms with Gasteiger partial charge in [0.25, 0.3) is 0 Å². The van der Waals surface area contributed by atoms with E-state index < -0.39 is 11.6 Å². The third kappa shape index (κ3) is 2.83. The summed E-state index contributed by atoms with van der Waals surface area (Å²) in [5.41, 5.74) is 1.49. The molecule has 0 aliphatic carbocycles. The molecule has 1 aromatic carbocycles. The second-order valence-electron chi connectivity index (χ2n) is 5.03. The molecule has 0 saturated carbocycles. The molecule has 0 radical (unpaired) electrons. The summed E-state index contributed by atoms with van der Waals surface area (Å²) in [6, 6.07) is 6.87. The van der Waals surface area contributed by atoms with E-state index >= 15 is 0 Å². The lowest BCUT2D eigenvalue weighted by molar-refractivity contribution is -0.132. The Hall–Kier alpha value is -2.66. The molecule has 0 N–H and O–H groups in total. The van der Waals surface area contributed by atoms with Crippen LogP contribution in [0, 0.1) is 6.92 Å². The molecular weight excluding hydrogens is 318 g/mol. The van der Waals surface area contributed by atoms with Crippen molar-refractivity contribution in [1.82, 2.24) is 4.98 Å². The lowest BCUT2D eigenvalue weighted by Gasteiger charge is -2.12. The summed E-state index contributed by atoms with van der Waals surface area (Å²) in [6.07, 6.45) is 3.20. The third-order valence-electron chi connectivity index (χ3n) is 3.34. The summed E-state index contributed by atoms with van der Waals surface area (Å²) >= 11 is 6.10. The predicted molar refractivity (Wildman–Crippen MR) is 86.8 cm³/mol. The average Bonchev–Trinajstić information content (AvgIpc) is 2.51. The Labute approximate surface area is 136 Å². The van der Waals surface area contributed by atoms with Gasteiger partial charge in [-0.1, -0.05) is 17.7 Å². The highest BCUT2D eigenvalue weighted by molar-refractivity contribution is 6.32. The fourth-order valence-corrected chi connectivity index (χ4v) is 2.50. The molecule has 0 amide bonds. The second-order valence-corrected chi connectivity index (χ2v) is 5.43. The molecule has 116 valence electrons. The first-order chi connectivity index (χ1) is 11.0. The molecule has 5 nitrogen and oxygen atoms in total. The van der Waals surface area contributed by atoms with Crippen LogP contribution in [-0.2, 0) is 4.79 Å². The average molecular weight is 330 g/mol. The fourth-order valence-electron chi connectivity index (χ4n) is 2.35. The number of halogens is 1. The van der Waals surface area contributed by atoms with E-state index in [9.17, 15) is 9.59 Å². The molecule has 0 unspecified atom stereocenters. The SMILES string of the molecule is CC(=O)Oc1c(-c2cccnc2)c2cc(C)c(Cl)cc2oc1=O. The van der Waals surface area contributed by atoms with Crippen molar-refractivity contribution >= 4 is 28.5 Å². The van der Waals surface area contributed by atoms with Crippen molar-refractivity contribution < 1.29 is 13.9 Å². The molecule has 0 aliphatic heterocycles. The Morgan fingerprint density at radius 1 is 1.35 bits per heavy atom. The number of carbonyl (C=O) groups is 1. The lowest BCUT2D eigenvalue weighted by atomic mass is 10.0. The van der Waals surface area contributed by atoms with Gasteiger partial charge in [0.15, 0.2) is 0 Å². The number of ether oxygens (including phenoxy) is 1. The van der Waals surface area contributed by atoms with Crippen molar-refractivity contribution in [2.75, 3.05) is 0 Å². The first-order valence-corrected chi connectivity index (χ1v) is 7.21. The van der Waals surface area contributed by atoms with Crippen LogP contribution in [-0.4, -0.2) is 11.0 Å². The van der Waals surface area contributed by atoms with Crippen LogP contribution in [0.1, 0.15) is 12.5 Å². The van der Waals surface area contributed by atoms with Gasteiger partial charge in [0.2, 0.25) is 5.75 Å². The topological polar surface area (TPSA) is 69.4 Å². The van der Waals surface area contributed by atoms with Crippen LogP contribution < -0.4 is 10.4 Å². The van der Waals surface area contributed by atoms with Gasteiger partial charge in [-0.25, -0.2) is 4.79 Å². The molecule has 0 saturated heterocycles. The molecule has 2 heterocycles. The number of hydrogen-bond donors (Lipinski definition) is 0. The number of esters is 1. The number of pyridine rings is 1. The normalized spacial score (nSPS) is 10.7. The first kappa shape index (κ1) is 15.2. The summed E-state index contributed by atoms with van der Waals surface area (Å²) in [5.74, 6) is -0.757. The Kier molecular flexibility index (Phi) is 3.88. The number of carbonyl (C=O) groups excluding carboxylic acids is 1. The predicted octanol–water partition coefficient (Wildman–Crippen LogP) is 3.74. The molecule has 3 rings (SSSR count). The molecule has 0 atom stereocenters. The van der Waals surface area contributed by atoms with Crippen molar-refractivity contribution in [3.8, 4) is 16.9 Å². The van der Waals surface area contributed by atoms with E-state index in [1.807, 2.05) is 6.92 Å².